The molecule has 0 saturated carbocycles. The van der Waals surface area contributed by atoms with Crippen molar-refractivity contribution >= 4 is 17.6 Å². The molecule has 0 bridgehead atoms. The summed E-state index contributed by atoms with van der Waals surface area (Å²) in [6.07, 6.45) is 0. The molecule has 0 spiro atoms. The molecule has 0 aliphatic carbocycles. The highest BCUT2D eigenvalue weighted by Gasteiger charge is 2.12. The van der Waals surface area contributed by atoms with Crippen molar-refractivity contribution in [2.75, 3.05) is 5.32 Å². The molecule has 3 rings (SSSR count). The second-order valence-corrected chi connectivity index (χ2v) is 5.37. The lowest BCUT2D eigenvalue weighted by Crippen LogP contribution is -2.12. The minimum absolute atomic E-state index is 0.163. The van der Waals surface area contributed by atoms with Gasteiger partial charge in [0.15, 0.2) is 0 Å². The van der Waals surface area contributed by atoms with Crippen molar-refractivity contribution in [2.24, 2.45) is 0 Å². The molecule has 0 saturated heterocycles. The first-order chi connectivity index (χ1) is 11.5. The van der Waals surface area contributed by atoms with E-state index in [0.717, 1.165) is 11.1 Å². The number of carbonyl (C=O) groups excluding carboxylic acids is 1. The molecule has 0 unspecified atom stereocenters. The quantitative estimate of drug-likeness (QED) is 0.687. The van der Waals surface area contributed by atoms with E-state index in [1.165, 1.54) is 12.1 Å². The number of amides is 1. The number of benzene rings is 2. The van der Waals surface area contributed by atoms with E-state index in [1.807, 2.05) is 31.2 Å². The van der Waals surface area contributed by atoms with Crippen LogP contribution in [0.25, 0.3) is 11.3 Å². The minimum Gasteiger partial charge on any atom is -0.478 e. The summed E-state index contributed by atoms with van der Waals surface area (Å²) in [4.78, 5) is 23.0. The number of nitrogens with one attached hydrogen (secondary N) is 2. The molecule has 2 aromatic carbocycles. The molecule has 6 heteroatoms. The van der Waals surface area contributed by atoms with Gasteiger partial charge in [0.1, 0.15) is 5.69 Å². The Balaban J connectivity index is 1.73. The van der Waals surface area contributed by atoms with Crippen molar-refractivity contribution in [1.82, 2.24) is 10.2 Å². The Kier molecular flexibility index (Phi) is 4.11. The van der Waals surface area contributed by atoms with E-state index in [4.69, 9.17) is 5.11 Å². The molecule has 0 aliphatic heterocycles. The Bertz CT molecular complexity index is 881. The topological polar surface area (TPSA) is 95.1 Å². The van der Waals surface area contributed by atoms with Crippen LogP contribution in [0, 0.1) is 6.92 Å². The Hall–Kier alpha value is -3.41. The number of aromatic carboxylic acids is 1. The van der Waals surface area contributed by atoms with Crippen LogP contribution in [0.1, 0.15) is 26.4 Å². The fourth-order valence-corrected chi connectivity index (χ4v) is 2.20. The van der Waals surface area contributed by atoms with Gasteiger partial charge in [-0.25, -0.2) is 4.79 Å². The second-order valence-electron chi connectivity index (χ2n) is 5.37. The molecule has 24 heavy (non-hydrogen) atoms. The summed E-state index contributed by atoms with van der Waals surface area (Å²) in [7, 11) is 0. The number of carboxylic acid groups (broad SMARTS) is 1. The first kappa shape index (κ1) is 15.5. The van der Waals surface area contributed by atoms with Crippen LogP contribution >= 0.6 is 0 Å². The zero-order valence-corrected chi connectivity index (χ0v) is 12.9. The average Bonchev–Trinajstić information content (AvgIpc) is 3.06. The lowest BCUT2D eigenvalue weighted by Gasteiger charge is -2.03. The van der Waals surface area contributed by atoms with Crippen LogP contribution < -0.4 is 5.32 Å². The predicted octanol–water partition coefficient (Wildman–Crippen LogP) is 3.34. The molecule has 1 amide bonds. The van der Waals surface area contributed by atoms with E-state index in [2.05, 4.69) is 15.5 Å². The summed E-state index contributed by atoms with van der Waals surface area (Å²) in [5, 5.41) is 18.4. The third-order valence-electron chi connectivity index (χ3n) is 3.56. The van der Waals surface area contributed by atoms with Gasteiger partial charge in [-0.05, 0) is 37.3 Å². The smallest absolute Gasteiger partial charge is 0.335 e. The van der Waals surface area contributed by atoms with Gasteiger partial charge < -0.3 is 10.4 Å². The summed E-state index contributed by atoms with van der Waals surface area (Å²) in [6.45, 7) is 2.00. The van der Waals surface area contributed by atoms with Gasteiger partial charge in [-0.2, -0.15) is 5.10 Å². The zero-order chi connectivity index (χ0) is 17.1. The number of H-pyrrole nitrogens is 1. The summed E-state index contributed by atoms with van der Waals surface area (Å²) < 4.78 is 0. The maximum absolute atomic E-state index is 12.2. The highest BCUT2D eigenvalue weighted by atomic mass is 16.4. The first-order valence-corrected chi connectivity index (χ1v) is 7.30. The Morgan fingerprint density at radius 3 is 2.33 bits per heavy atom. The molecule has 3 aromatic rings. The second kappa shape index (κ2) is 6.37. The summed E-state index contributed by atoms with van der Waals surface area (Å²) >= 11 is 0. The van der Waals surface area contributed by atoms with Gasteiger partial charge in [0.05, 0.1) is 11.3 Å². The molecule has 1 aromatic heterocycles. The SMILES string of the molecule is Cc1ccc(-c2cc(C(=O)Nc3ccc(C(=O)O)cc3)[nH]n2)cc1. The average molecular weight is 321 g/mol. The predicted molar refractivity (Wildman–Crippen MR) is 90.1 cm³/mol. The largest absolute Gasteiger partial charge is 0.478 e. The molecular formula is C18H15N3O3. The molecule has 120 valence electrons. The van der Waals surface area contributed by atoms with Crippen LogP contribution in [-0.2, 0) is 0 Å². The Morgan fingerprint density at radius 1 is 1.04 bits per heavy atom. The van der Waals surface area contributed by atoms with E-state index in [1.54, 1.807) is 18.2 Å². The van der Waals surface area contributed by atoms with Crippen molar-refractivity contribution in [3.05, 3.63) is 71.4 Å². The number of rotatable bonds is 4. The third kappa shape index (κ3) is 3.33. The van der Waals surface area contributed by atoms with Gasteiger partial charge in [-0.15, -0.1) is 0 Å². The molecule has 0 fully saturated rings. The van der Waals surface area contributed by atoms with Crippen LogP contribution in [0.15, 0.2) is 54.6 Å². The molecule has 1 heterocycles. The van der Waals surface area contributed by atoms with E-state index < -0.39 is 5.97 Å². The van der Waals surface area contributed by atoms with Gasteiger partial charge in [0, 0.05) is 11.3 Å². The molecule has 0 atom stereocenters. The first-order valence-electron chi connectivity index (χ1n) is 7.30. The number of aromatic nitrogens is 2. The Labute approximate surface area is 138 Å². The summed E-state index contributed by atoms with van der Waals surface area (Å²) in [5.41, 5.74) is 3.75. The van der Waals surface area contributed by atoms with E-state index in [-0.39, 0.29) is 11.5 Å². The lowest BCUT2D eigenvalue weighted by molar-refractivity contribution is 0.0696. The van der Waals surface area contributed by atoms with Gasteiger partial charge in [-0.1, -0.05) is 29.8 Å². The third-order valence-corrected chi connectivity index (χ3v) is 3.56. The number of nitrogens with zero attached hydrogens (tertiary/aromatic N) is 1. The number of aromatic amines is 1. The number of hydrogen-bond donors (Lipinski definition) is 3. The van der Waals surface area contributed by atoms with Crippen molar-refractivity contribution < 1.29 is 14.7 Å². The van der Waals surface area contributed by atoms with E-state index >= 15 is 0 Å². The fourth-order valence-electron chi connectivity index (χ4n) is 2.20. The van der Waals surface area contributed by atoms with Crippen molar-refractivity contribution in [2.45, 2.75) is 6.92 Å². The maximum atomic E-state index is 12.2. The number of carbonyl (C=O) groups is 2. The normalized spacial score (nSPS) is 10.4. The number of aryl methyl sites for hydroxylation is 1. The van der Waals surface area contributed by atoms with Crippen molar-refractivity contribution in [3.8, 4) is 11.3 Å². The molecule has 0 aliphatic rings. The number of carboxylic acids is 1. The lowest BCUT2D eigenvalue weighted by atomic mass is 10.1. The van der Waals surface area contributed by atoms with Gasteiger partial charge in [0.2, 0.25) is 0 Å². The number of anilines is 1. The maximum Gasteiger partial charge on any atom is 0.335 e. The van der Waals surface area contributed by atoms with Crippen molar-refractivity contribution in [1.29, 1.82) is 0 Å². The standard InChI is InChI=1S/C18H15N3O3/c1-11-2-4-12(5-3-11)15-10-16(21-20-15)17(22)19-14-8-6-13(7-9-14)18(23)24/h2-10H,1H3,(H,19,22)(H,20,21)(H,23,24). The molecule has 6 nitrogen and oxygen atoms in total. The van der Waals surface area contributed by atoms with Crippen molar-refractivity contribution in [3.63, 3.8) is 0 Å². The van der Waals surface area contributed by atoms with Crippen LogP contribution in [0.4, 0.5) is 5.69 Å². The number of hydrogen-bond acceptors (Lipinski definition) is 3. The zero-order valence-electron chi connectivity index (χ0n) is 12.9. The van der Waals surface area contributed by atoms with E-state index in [0.29, 0.717) is 17.1 Å². The summed E-state index contributed by atoms with van der Waals surface area (Å²) in [6, 6.07) is 15.5. The van der Waals surface area contributed by atoms with Gasteiger partial charge in [-0.3, -0.25) is 9.89 Å². The van der Waals surface area contributed by atoms with Crippen LogP contribution in [-0.4, -0.2) is 27.2 Å². The minimum atomic E-state index is -1.01. The highest BCUT2D eigenvalue weighted by Crippen LogP contribution is 2.19. The van der Waals surface area contributed by atoms with Gasteiger partial charge in [0.25, 0.3) is 5.91 Å². The molecule has 0 radical (unpaired) electrons. The Morgan fingerprint density at radius 2 is 1.71 bits per heavy atom. The fraction of sp³-hybridized carbons (Fsp3) is 0.0556. The van der Waals surface area contributed by atoms with Crippen LogP contribution in [0.5, 0.6) is 0 Å². The molecular weight excluding hydrogens is 306 g/mol. The monoisotopic (exact) mass is 321 g/mol. The highest BCUT2D eigenvalue weighted by molar-refractivity contribution is 6.03. The van der Waals surface area contributed by atoms with Crippen LogP contribution in [0.2, 0.25) is 0 Å². The van der Waals surface area contributed by atoms with Crippen LogP contribution in [0.3, 0.4) is 0 Å². The van der Waals surface area contributed by atoms with E-state index in [9.17, 15) is 9.59 Å². The molecule has 3 N–H and O–H groups in total. The van der Waals surface area contributed by atoms with Gasteiger partial charge >= 0.3 is 5.97 Å². The summed E-state index contributed by atoms with van der Waals surface area (Å²) in [5.74, 6) is -1.35.